The van der Waals surface area contributed by atoms with E-state index in [4.69, 9.17) is 0 Å². The predicted molar refractivity (Wildman–Crippen MR) is 54.2 cm³/mol. The number of aliphatic hydroxyl groups is 1. The number of hydrogen-bond donors (Lipinski definition) is 2. The van der Waals surface area contributed by atoms with Gasteiger partial charge in [0.1, 0.15) is 6.10 Å². The van der Waals surface area contributed by atoms with Gasteiger partial charge in [-0.15, -0.1) is 0 Å². The lowest BCUT2D eigenvalue weighted by molar-refractivity contribution is 0.130. The number of nitrogens with one attached hydrogen (secondary N) is 1. The zero-order valence-electron chi connectivity index (χ0n) is 8.69. The number of nitrogens with zero attached hydrogens (tertiary/aromatic N) is 3. The second-order valence-corrected chi connectivity index (χ2v) is 4.36. The normalized spacial score (nSPS) is 30.5. The highest BCUT2D eigenvalue weighted by Crippen LogP contribution is 2.26. The predicted octanol–water partition coefficient (Wildman–Crippen LogP) is 0.530. The zero-order valence-corrected chi connectivity index (χ0v) is 8.69. The van der Waals surface area contributed by atoms with Crippen molar-refractivity contribution in [3.05, 3.63) is 11.6 Å². The van der Waals surface area contributed by atoms with Crippen LogP contribution in [-0.4, -0.2) is 26.4 Å². The minimum atomic E-state index is -0.415. The SMILES string of the molecule is OC1CCCn2nc(C3CCCN3)nc21. The summed E-state index contributed by atoms with van der Waals surface area (Å²) < 4.78 is 1.86. The molecule has 0 aliphatic carbocycles. The molecule has 1 saturated heterocycles. The Labute approximate surface area is 88.5 Å². The van der Waals surface area contributed by atoms with Crippen molar-refractivity contribution < 1.29 is 5.11 Å². The minimum Gasteiger partial charge on any atom is -0.385 e. The van der Waals surface area contributed by atoms with Gasteiger partial charge in [0.2, 0.25) is 0 Å². The Kier molecular flexibility index (Phi) is 2.21. The Morgan fingerprint density at radius 3 is 3.00 bits per heavy atom. The van der Waals surface area contributed by atoms with Crippen LogP contribution in [0.2, 0.25) is 0 Å². The summed E-state index contributed by atoms with van der Waals surface area (Å²) in [7, 11) is 0. The number of aromatic nitrogens is 3. The molecule has 0 spiro atoms. The maximum absolute atomic E-state index is 9.77. The highest BCUT2D eigenvalue weighted by Gasteiger charge is 2.26. The lowest BCUT2D eigenvalue weighted by Crippen LogP contribution is -2.16. The molecule has 0 saturated carbocycles. The van der Waals surface area contributed by atoms with E-state index in [0.29, 0.717) is 6.04 Å². The van der Waals surface area contributed by atoms with Crippen LogP contribution in [0.15, 0.2) is 0 Å². The van der Waals surface area contributed by atoms with E-state index in [1.807, 2.05) is 4.68 Å². The fourth-order valence-corrected chi connectivity index (χ4v) is 2.40. The summed E-state index contributed by atoms with van der Waals surface area (Å²) in [6.45, 7) is 1.95. The largest absolute Gasteiger partial charge is 0.385 e. The van der Waals surface area contributed by atoms with Gasteiger partial charge in [-0.3, -0.25) is 0 Å². The lowest BCUT2D eigenvalue weighted by atomic mass is 10.1. The fourth-order valence-electron chi connectivity index (χ4n) is 2.40. The first-order valence-corrected chi connectivity index (χ1v) is 5.70. The second kappa shape index (κ2) is 3.57. The Bertz CT molecular complexity index is 356. The monoisotopic (exact) mass is 208 g/mol. The van der Waals surface area contributed by atoms with Crippen LogP contribution in [0.3, 0.4) is 0 Å². The van der Waals surface area contributed by atoms with Crippen molar-refractivity contribution in [3.63, 3.8) is 0 Å². The van der Waals surface area contributed by atoms with Crippen LogP contribution in [-0.2, 0) is 6.54 Å². The zero-order chi connectivity index (χ0) is 10.3. The van der Waals surface area contributed by atoms with E-state index in [0.717, 1.165) is 44.0 Å². The van der Waals surface area contributed by atoms with Crippen LogP contribution in [0.5, 0.6) is 0 Å². The van der Waals surface area contributed by atoms with Gasteiger partial charge in [-0.25, -0.2) is 9.67 Å². The number of hydrogen-bond acceptors (Lipinski definition) is 4. The van der Waals surface area contributed by atoms with E-state index < -0.39 is 6.10 Å². The Morgan fingerprint density at radius 1 is 1.33 bits per heavy atom. The van der Waals surface area contributed by atoms with Gasteiger partial charge in [-0.05, 0) is 32.2 Å². The molecule has 0 amide bonds. The lowest BCUT2D eigenvalue weighted by Gasteiger charge is -2.16. The summed E-state index contributed by atoms with van der Waals surface area (Å²) >= 11 is 0. The van der Waals surface area contributed by atoms with Gasteiger partial charge in [0, 0.05) is 6.54 Å². The average molecular weight is 208 g/mol. The van der Waals surface area contributed by atoms with Crippen molar-refractivity contribution in [1.29, 1.82) is 0 Å². The van der Waals surface area contributed by atoms with Crippen molar-refractivity contribution in [2.45, 2.75) is 44.4 Å². The molecule has 5 heteroatoms. The molecule has 2 aliphatic heterocycles. The van der Waals surface area contributed by atoms with E-state index in [1.54, 1.807) is 0 Å². The Balaban J connectivity index is 1.90. The van der Waals surface area contributed by atoms with Crippen molar-refractivity contribution in [1.82, 2.24) is 20.1 Å². The van der Waals surface area contributed by atoms with Gasteiger partial charge in [-0.1, -0.05) is 0 Å². The molecule has 0 aromatic carbocycles. The number of aryl methyl sites for hydroxylation is 1. The molecule has 2 N–H and O–H groups in total. The summed E-state index contributed by atoms with van der Waals surface area (Å²) in [6, 6.07) is 0.301. The van der Waals surface area contributed by atoms with Crippen LogP contribution in [0, 0.1) is 0 Å². The molecule has 3 heterocycles. The van der Waals surface area contributed by atoms with Crippen LogP contribution < -0.4 is 5.32 Å². The molecule has 0 bridgehead atoms. The minimum absolute atomic E-state index is 0.301. The van der Waals surface area contributed by atoms with Crippen molar-refractivity contribution in [2.75, 3.05) is 6.54 Å². The highest BCUT2D eigenvalue weighted by molar-refractivity contribution is 5.04. The molecule has 3 rings (SSSR count). The first-order valence-electron chi connectivity index (χ1n) is 5.70. The third-order valence-corrected chi connectivity index (χ3v) is 3.23. The quantitative estimate of drug-likeness (QED) is 0.706. The van der Waals surface area contributed by atoms with E-state index >= 15 is 0 Å². The summed E-state index contributed by atoms with van der Waals surface area (Å²) in [5.74, 6) is 1.62. The molecule has 82 valence electrons. The number of fused-ring (bicyclic) bond motifs is 1. The molecule has 0 radical (unpaired) electrons. The van der Waals surface area contributed by atoms with Gasteiger partial charge < -0.3 is 10.4 Å². The van der Waals surface area contributed by atoms with Gasteiger partial charge >= 0.3 is 0 Å². The second-order valence-electron chi connectivity index (χ2n) is 4.36. The van der Waals surface area contributed by atoms with Gasteiger partial charge in [0.15, 0.2) is 11.6 Å². The number of aliphatic hydroxyl groups excluding tert-OH is 1. The highest BCUT2D eigenvalue weighted by atomic mass is 16.3. The molecular formula is C10H16N4O. The first-order chi connectivity index (χ1) is 7.34. The Morgan fingerprint density at radius 2 is 2.27 bits per heavy atom. The van der Waals surface area contributed by atoms with E-state index in [9.17, 15) is 5.11 Å². The van der Waals surface area contributed by atoms with E-state index in [1.165, 1.54) is 6.42 Å². The molecule has 1 aromatic heterocycles. The summed E-state index contributed by atoms with van der Waals surface area (Å²) in [5, 5.41) is 17.6. The third kappa shape index (κ3) is 1.55. The maximum Gasteiger partial charge on any atom is 0.167 e. The van der Waals surface area contributed by atoms with Crippen molar-refractivity contribution >= 4 is 0 Å². The molecule has 2 aliphatic rings. The van der Waals surface area contributed by atoms with Gasteiger partial charge in [0.05, 0.1) is 6.04 Å². The molecule has 15 heavy (non-hydrogen) atoms. The molecule has 1 aromatic rings. The van der Waals surface area contributed by atoms with Gasteiger partial charge in [-0.2, -0.15) is 5.10 Å². The summed E-state index contributed by atoms with van der Waals surface area (Å²) in [5.41, 5.74) is 0. The molecule has 2 atom stereocenters. The van der Waals surface area contributed by atoms with E-state index in [-0.39, 0.29) is 0 Å². The van der Waals surface area contributed by atoms with Crippen molar-refractivity contribution in [3.8, 4) is 0 Å². The fraction of sp³-hybridized carbons (Fsp3) is 0.800. The van der Waals surface area contributed by atoms with Crippen LogP contribution in [0.1, 0.15) is 49.5 Å². The van der Waals surface area contributed by atoms with Crippen molar-refractivity contribution in [2.24, 2.45) is 0 Å². The van der Waals surface area contributed by atoms with Crippen LogP contribution in [0.4, 0.5) is 0 Å². The maximum atomic E-state index is 9.77. The topological polar surface area (TPSA) is 63.0 Å². The first kappa shape index (κ1) is 9.30. The molecule has 2 unspecified atom stereocenters. The van der Waals surface area contributed by atoms with E-state index in [2.05, 4.69) is 15.4 Å². The summed E-state index contributed by atoms with van der Waals surface area (Å²) in [4.78, 5) is 4.45. The average Bonchev–Trinajstić information content (AvgIpc) is 2.86. The molecule has 5 nitrogen and oxygen atoms in total. The van der Waals surface area contributed by atoms with Crippen LogP contribution >= 0.6 is 0 Å². The summed E-state index contributed by atoms with van der Waals surface area (Å²) in [6.07, 6.45) is 3.70. The molecular weight excluding hydrogens is 192 g/mol. The standard InChI is InChI=1S/C10H16N4O/c15-8-4-2-6-14-10(8)12-9(13-14)7-3-1-5-11-7/h7-8,11,15H,1-6H2. The Hall–Kier alpha value is -0.940. The molecule has 1 fully saturated rings. The van der Waals surface area contributed by atoms with Crippen LogP contribution in [0.25, 0.3) is 0 Å². The number of rotatable bonds is 1. The smallest absolute Gasteiger partial charge is 0.167 e. The third-order valence-electron chi connectivity index (χ3n) is 3.23. The van der Waals surface area contributed by atoms with Gasteiger partial charge in [0.25, 0.3) is 0 Å².